The van der Waals surface area contributed by atoms with E-state index in [-0.39, 0.29) is 10.6 Å². The average Bonchev–Trinajstić information content (AvgIpc) is 2.23. The molecule has 4 nitrogen and oxygen atoms in total. The Kier molecular flexibility index (Phi) is 2.75. The fourth-order valence-corrected chi connectivity index (χ4v) is 2.34. The van der Waals surface area contributed by atoms with Gasteiger partial charge in [0.25, 0.3) is 5.69 Å². The number of rotatable bonds is 1. The second kappa shape index (κ2) is 3.90. The number of fused-ring (bicyclic) bond motifs is 1. The molecule has 80 valence electrons. The van der Waals surface area contributed by atoms with Crippen LogP contribution in [0.15, 0.2) is 10.5 Å². The lowest BCUT2D eigenvalue weighted by Crippen LogP contribution is -2.12. The molecule has 0 saturated carbocycles. The molecule has 1 aromatic rings. The topological polar surface area (TPSA) is 52.4 Å². The summed E-state index contributed by atoms with van der Waals surface area (Å²) in [4.78, 5) is 10.5. The number of benzene rings is 1. The minimum Gasteiger partial charge on any atom is -0.376 e. The summed E-state index contributed by atoms with van der Waals surface area (Å²) in [5, 5.41) is 10.8. The summed E-state index contributed by atoms with van der Waals surface area (Å²) >= 11 is 3.40. The van der Waals surface area contributed by atoms with Gasteiger partial charge < -0.3 is 4.74 Å². The average molecular weight is 272 g/mol. The molecule has 0 unspecified atom stereocenters. The van der Waals surface area contributed by atoms with Gasteiger partial charge in [0.1, 0.15) is 0 Å². The molecule has 0 spiro atoms. The molecule has 5 heteroatoms. The van der Waals surface area contributed by atoms with Crippen LogP contribution in [0.4, 0.5) is 5.69 Å². The minimum atomic E-state index is -0.337. The molecular weight excluding hydrogens is 262 g/mol. The third-order valence-electron chi connectivity index (χ3n) is 2.64. The second-order valence-corrected chi connectivity index (χ2v) is 4.33. The summed E-state index contributed by atoms with van der Waals surface area (Å²) in [6.45, 7) is 2.92. The van der Waals surface area contributed by atoms with E-state index in [1.165, 1.54) is 0 Å². The van der Waals surface area contributed by atoms with Gasteiger partial charge in [0, 0.05) is 16.1 Å². The molecule has 0 radical (unpaired) electrons. The number of hydrogen-bond donors (Lipinski definition) is 0. The molecule has 0 bridgehead atoms. The fourth-order valence-electron chi connectivity index (χ4n) is 1.77. The highest BCUT2D eigenvalue weighted by atomic mass is 79.9. The monoisotopic (exact) mass is 271 g/mol. The van der Waals surface area contributed by atoms with E-state index in [2.05, 4.69) is 15.9 Å². The maximum atomic E-state index is 10.8. The van der Waals surface area contributed by atoms with E-state index >= 15 is 0 Å². The zero-order chi connectivity index (χ0) is 11.0. The number of nitrogens with zero attached hydrogens (tertiary/aromatic N) is 1. The summed E-state index contributed by atoms with van der Waals surface area (Å²) < 4.78 is 6.14. The molecule has 1 aliphatic heterocycles. The summed E-state index contributed by atoms with van der Waals surface area (Å²) in [6, 6.07) is 1.66. The molecule has 1 heterocycles. The van der Waals surface area contributed by atoms with Gasteiger partial charge in [-0.2, -0.15) is 0 Å². The van der Waals surface area contributed by atoms with Gasteiger partial charge in [-0.3, -0.25) is 10.1 Å². The molecule has 0 aromatic heterocycles. The van der Waals surface area contributed by atoms with Gasteiger partial charge in [-0.15, -0.1) is 0 Å². The van der Waals surface area contributed by atoms with Gasteiger partial charge in [-0.1, -0.05) is 0 Å². The van der Waals surface area contributed by atoms with Crippen LogP contribution < -0.4 is 0 Å². The van der Waals surface area contributed by atoms with Crippen LogP contribution in [0.5, 0.6) is 0 Å². The van der Waals surface area contributed by atoms with E-state index < -0.39 is 0 Å². The van der Waals surface area contributed by atoms with Crippen LogP contribution >= 0.6 is 15.9 Å². The first-order valence-electron chi connectivity index (χ1n) is 4.64. The second-order valence-electron chi connectivity index (χ2n) is 3.53. The Morgan fingerprint density at radius 3 is 3.00 bits per heavy atom. The number of hydrogen-bond acceptors (Lipinski definition) is 3. The zero-order valence-electron chi connectivity index (χ0n) is 8.25. The Morgan fingerprint density at radius 2 is 2.33 bits per heavy atom. The summed E-state index contributed by atoms with van der Waals surface area (Å²) in [5.41, 5.74) is 2.92. The van der Waals surface area contributed by atoms with E-state index in [9.17, 15) is 10.1 Å². The summed E-state index contributed by atoms with van der Waals surface area (Å²) in [5.74, 6) is 0. The molecule has 1 aromatic carbocycles. The maximum absolute atomic E-state index is 10.8. The van der Waals surface area contributed by atoms with E-state index in [0.717, 1.165) is 22.0 Å². The van der Waals surface area contributed by atoms with Crippen molar-refractivity contribution in [1.29, 1.82) is 0 Å². The molecule has 15 heavy (non-hydrogen) atoms. The lowest BCUT2D eigenvalue weighted by molar-refractivity contribution is -0.385. The largest absolute Gasteiger partial charge is 0.376 e. The fraction of sp³-hybridized carbons (Fsp3) is 0.400. The lowest BCUT2D eigenvalue weighted by atomic mass is 9.99. The van der Waals surface area contributed by atoms with Crippen molar-refractivity contribution >= 4 is 21.6 Å². The van der Waals surface area contributed by atoms with Gasteiger partial charge >= 0.3 is 0 Å². The highest BCUT2D eigenvalue weighted by Crippen LogP contribution is 2.34. The van der Waals surface area contributed by atoms with Gasteiger partial charge in [-0.25, -0.2) is 0 Å². The third kappa shape index (κ3) is 1.77. The SMILES string of the molecule is Cc1c([N+](=O)[O-])cc2c(c1Br)COCC2. The van der Waals surface area contributed by atoms with Crippen LogP contribution in [0.1, 0.15) is 16.7 Å². The van der Waals surface area contributed by atoms with Crippen molar-refractivity contribution in [2.24, 2.45) is 0 Å². The Bertz CT molecular complexity index is 431. The third-order valence-corrected chi connectivity index (χ3v) is 3.71. The molecule has 0 aliphatic carbocycles. The minimum absolute atomic E-state index is 0.183. The van der Waals surface area contributed by atoms with Crippen molar-refractivity contribution in [3.05, 3.63) is 37.3 Å². The van der Waals surface area contributed by atoms with Crippen LogP contribution in [0, 0.1) is 17.0 Å². The van der Waals surface area contributed by atoms with Gasteiger partial charge in [-0.05, 0) is 40.4 Å². The van der Waals surface area contributed by atoms with Crippen molar-refractivity contribution < 1.29 is 9.66 Å². The Labute approximate surface area is 95.5 Å². The molecule has 1 aliphatic rings. The molecule has 0 fully saturated rings. The van der Waals surface area contributed by atoms with Crippen molar-refractivity contribution in [3.63, 3.8) is 0 Å². The van der Waals surface area contributed by atoms with Crippen molar-refractivity contribution in [2.45, 2.75) is 20.0 Å². The first kappa shape index (κ1) is 10.6. The normalized spacial score (nSPS) is 14.8. The van der Waals surface area contributed by atoms with Crippen molar-refractivity contribution in [1.82, 2.24) is 0 Å². The maximum Gasteiger partial charge on any atom is 0.273 e. The zero-order valence-corrected chi connectivity index (χ0v) is 9.83. The smallest absolute Gasteiger partial charge is 0.273 e. The van der Waals surface area contributed by atoms with E-state index in [1.54, 1.807) is 13.0 Å². The lowest BCUT2D eigenvalue weighted by Gasteiger charge is -2.18. The number of halogens is 1. The highest BCUT2D eigenvalue weighted by molar-refractivity contribution is 9.10. The standard InChI is InChI=1S/C10H10BrNO3/c1-6-9(12(13)14)4-7-2-3-15-5-8(7)10(6)11/h4H,2-3,5H2,1H3. The molecule has 0 saturated heterocycles. The first-order valence-corrected chi connectivity index (χ1v) is 5.43. The van der Waals surface area contributed by atoms with Crippen LogP contribution in [-0.2, 0) is 17.8 Å². The van der Waals surface area contributed by atoms with Crippen molar-refractivity contribution in [2.75, 3.05) is 6.61 Å². The first-order chi connectivity index (χ1) is 7.11. The van der Waals surface area contributed by atoms with Crippen LogP contribution in [0.25, 0.3) is 0 Å². The number of nitro groups is 1. The van der Waals surface area contributed by atoms with Gasteiger partial charge in [0.2, 0.25) is 0 Å². The predicted octanol–water partition coefficient (Wildman–Crippen LogP) is 2.74. The molecular formula is C10H10BrNO3. The van der Waals surface area contributed by atoms with Crippen LogP contribution in [0.3, 0.4) is 0 Å². The van der Waals surface area contributed by atoms with Crippen molar-refractivity contribution in [3.8, 4) is 0 Å². The van der Waals surface area contributed by atoms with Gasteiger partial charge in [0.05, 0.1) is 18.1 Å². The number of ether oxygens (including phenoxy) is 1. The Hall–Kier alpha value is -0.940. The summed E-state index contributed by atoms with van der Waals surface area (Å²) in [7, 11) is 0. The van der Waals surface area contributed by atoms with E-state index in [0.29, 0.717) is 18.8 Å². The number of nitro benzene ring substituents is 1. The van der Waals surface area contributed by atoms with Crippen LogP contribution in [0.2, 0.25) is 0 Å². The highest BCUT2D eigenvalue weighted by Gasteiger charge is 2.22. The molecule has 0 atom stereocenters. The predicted molar refractivity (Wildman–Crippen MR) is 58.9 cm³/mol. The molecule has 0 amide bonds. The van der Waals surface area contributed by atoms with E-state index in [1.807, 2.05) is 0 Å². The van der Waals surface area contributed by atoms with Crippen LogP contribution in [-0.4, -0.2) is 11.5 Å². The Balaban J connectivity index is 2.63. The quantitative estimate of drug-likeness (QED) is 0.583. The molecule has 2 rings (SSSR count). The van der Waals surface area contributed by atoms with E-state index in [4.69, 9.17) is 4.74 Å². The molecule has 0 N–H and O–H groups in total. The Morgan fingerprint density at radius 1 is 1.60 bits per heavy atom. The van der Waals surface area contributed by atoms with Gasteiger partial charge in [0.15, 0.2) is 0 Å². The summed E-state index contributed by atoms with van der Waals surface area (Å²) in [6.07, 6.45) is 0.745.